The molecule has 1 saturated heterocycles. The van der Waals surface area contributed by atoms with Gasteiger partial charge in [0.2, 0.25) is 10.0 Å². The number of hydrogen-bond donors (Lipinski definition) is 1. The standard InChI is InChI=1S/C13H18N4O3S.ClH/c1-9-12-6-11(7-15-13(12)20-16-9)21(18,19)17-5-3-4-10(8-17)14-2;/h6-7,10,14H,3-5,8H2,1-2H3;1H. The normalized spacial score (nSPS) is 20.0. The minimum Gasteiger partial charge on any atom is -0.336 e. The van der Waals surface area contributed by atoms with Crippen molar-refractivity contribution in [2.24, 2.45) is 0 Å². The topological polar surface area (TPSA) is 88.3 Å². The van der Waals surface area contributed by atoms with E-state index in [4.69, 9.17) is 4.52 Å². The number of halogens is 1. The van der Waals surface area contributed by atoms with Crippen LogP contribution in [0.5, 0.6) is 0 Å². The fourth-order valence-corrected chi connectivity index (χ4v) is 4.11. The van der Waals surface area contributed by atoms with Gasteiger partial charge in [-0.3, -0.25) is 0 Å². The van der Waals surface area contributed by atoms with Gasteiger partial charge >= 0.3 is 0 Å². The van der Waals surface area contributed by atoms with Crippen molar-refractivity contribution in [2.45, 2.75) is 30.7 Å². The van der Waals surface area contributed by atoms with Crippen molar-refractivity contribution in [1.82, 2.24) is 19.8 Å². The number of nitrogens with one attached hydrogen (secondary N) is 1. The molecule has 0 aromatic carbocycles. The maximum Gasteiger partial charge on any atom is 0.257 e. The number of aromatic nitrogens is 2. The van der Waals surface area contributed by atoms with Crippen LogP contribution in [0.15, 0.2) is 21.7 Å². The molecule has 1 aliphatic rings. The number of nitrogens with zero attached hydrogens (tertiary/aromatic N) is 3. The summed E-state index contributed by atoms with van der Waals surface area (Å²) in [4.78, 5) is 4.24. The zero-order valence-corrected chi connectivity index (χ0v) is 14.1. The van der Waals surface area contributed by atoms with Crippen LogP contribution in [0.2, 0.25) is 0 Å². The Morgan fingerprint density at radius 1 is 1.45 bits per heavy atom. The highest BCUT2D eigenvalue weighted by Crippen LogP contribution is 2.24. The summed E-state index contributed by atoms with van der Waals surface area (Å²) in [6, 6.07) is 1.79. The van der Waals surface area contributed by atoms with E-state index in [9.17, 15) is 8.42 Å². The zero-order chi connectivity index (χ0) is 15.0. The van der Waals surface area contributed by atoms with Crippen molar-refractivity contribution < 1.29 is 12.9 Å². The summed E-state index contributed by atoms with van der Waals surface area (Å²) in [7, 11) is -1.67. The quantitative estimate of drug-likeness (QED) is 0.901. The van der Waals surface area contributed by atoms with Crippen LogP contribution in [-0.2, 0) is 10.0 Å². The van der Waals surface area contributed by atoms with Gasteiger partial charge < -0.3 is 9.84 Å². The van der Waals surface area contributed by atoms with E-state index in [1.54, 1.807) is 13.0 Å². The third kappa shape index (κ3) is 2.96. The average molecular weight is 347 g/mol. The van der Waals surface area contributed by atoms with Crippen molar-refractivity contribution in [3.05, 3.63) is 18.0 Å². The minimum atomic E-state index is -3.53. The predicted molar refractivity (Wildman–Crippen MR) is 84.6 cm³/mol. The fraction of sp³-hybridized carbons (Fsp3) is 0.538. The summed E-state index contributed by atoms with van der Waals surface area (Å²) in [6.07, 6.45) is 3.18. The van der Waals surface area contributed by atoms with Crippen LogP contribution in [0, 0.1) is 6.92 Å². The van der Waals surface area contributed by atoms with Gasteiger partial charge in [-0.15, -0.1) is 12.4 Å². The third-order valence-electron chi connectivity index (χ3n) is 3.92. The summed E-state index contributed by atoms with van der Waals surface area (Å²) >= 11 is 0. The number of piperidine rings is 1. The molecule has 0 amide bonds. The van der Waals surface area contributed by atoms with Gasteiger partial charge in [0.05, 0.1) is 17.3 Å². The molecule has 9 heteroatoms. The molecule has 22 heavy (non-hydrogen) atoms. The van der Waals surface area contributed by atoms with Gasteiger partial charge in [-0.25, -0.2) is 13.4 Å². The van der Waals surface area contributed by atoms with Gasteiger partial charge in [0.1, 0.15) is 4.90 Å². The number of likely N-dealkylation sites (N-methyl/N-ethyl adjacent to an activating group) is 1. The smallest absolute Gasteiger partial charge is 0.257 e. The molecule has 1 unspecified atom stereocenters. The van der Waals surface area contributed by atoms with Crippen LogP contribution >= 0.6 is 12.4 Å². The molecular weight excluding hydrogens is 328 g/mol. The number of fused-ring (bicyclic) bond motifs is 1. The highest BCUT2D eigenvalue weighted by Gasteiger charge is 2.30. The number of sulfonamides is 1. The SMILES string of the molecule is CNC1CCCN(S(=O)(=O)c2cnc3onc(C)c3c2)C1.Cl. The Labute approximate surface area is 135 Å². The van der Waals surface area contributed by atoms with E-state index in [-0.39, 0.29) is 23.3 Å². The second-order valence-electron chi connectivity index (χ2n) is 5.28. The first kappa shape index (κ1) is 17.1. The minimum absolute atomic E-state index is 0. The van der Waals surface area contributed by atoms with Crippen LogP contribution in [0.3, 0.4) is 0 Å². The van der Waals surface area contributed by atoms with Crippen molar-refractivity contribution in [2.75, 3.05) is 20.1 Å². The molecule has 1 N–H and O–H groups in total. The van der Waals surface area contributed by atoms with Crippen molar-refractivity contribution in [1.29, 1.82) is 0 Å². The Morgan fingerprint density at radius 3 is 2.95 bits per heavy atom. The van der Waals surface area contributed by atoms with Crippen LogP contribution < -0.4 is 5.32 Å². The van der Waals surface area contributed by atoms with E-state index < -0.39 is 10.0 Å². The maximum atomic E-state index is 12.7. The first-order valence-corrected chi connectivity index (χ1v) is 8.36. The van der Waals surface area contributed by atoms with E-state index in [1.165, 1.54) is 10.5 Å². The van der Waals surface area contributed by atoms with Crippen LogP contribution in [0.25, 0.3) is 11.1 Å². The summed E-state index contributed by atoms with van der Waals surface area (Å²) in [6.45, 7) is 2.79. The van der Waals surface area contributed by atoms with E-state index in [0.717, 1.165) is 12.8 Å². The molecule has 3 rings (SSSR count). The lowest BCUT2D eigenvalue weighted by Crippen LogP contribution is -2.46. The predicted octanol–water partition coefficient (Wildman–Crippen LogP) is 1.33. The molecule has 7 nitrogen and oxygen atoms in total. The number of hydrogen-bond acceptors (Lipinski definition) is 6. The van der Waals surface area contributed by atoms with Gasteiger partial charge in [0.15, 0.2) is 0 Å². The Hall–Kier alpha value is -1.22. The third-order valence-corrected chi connectivity index (χ3v) is 5.75. The molecule has 1 aliphatic heterocycles. The lowest BCUT2D eigenvalue weighted by Gasteiger charge is -2.31. The Kier molecular flexibility index (Phi) is 5.06. The molecule has 2 aromatic rings. The van der Waals surface area contributed by atoms with Crippen LogP contribution in [0.4, 0.5) is 0 Å². The molecular formula is C13H19ClN4O3S. The Bertz CT molecular complexity index is 762. The van der Waals surface area contributed by atoms with E-state index >= 15 is 0 Å². The first-order chi connectivity index (χ1) is 10.0. The molecule has 0 saturated carbocycles. The van der Waals surface area contributed by atoms with E-state index in [0.29, 0.717) is 29.9 Å². The zero-order valence-electron chi connectivity index (χ0n) is 12.4. The monoisotopic (exact) mass is 346 g/mol. The number of aryl methyl sites for hydroxylation is 1. The molecule has 1 atom stereocenters. The Balaban J connectivity index is 0.00000176. The summed E-state index contributed by atoms with van der Waals surface area (Å²) in [5.41, 5.74) is 1.000. The summed E-state index contributed by atoms with van der Waals surface area (Å²) < 4.78 is 32.0. The molecule has 0 radical (unpaired) electrons. The summed E-state index contributed by atoms with van der Waals surface area (Å²) in [5.74, 6) is 0. The molecule has 0 bridgehead atoms. The highest BCUT2D eigenvalue weighted by molar-refractivity contribution is 7.89. The van der Waals surface area contributed by atoms with Gasteiger partial charge in [0.25, 0.3) is 5.71 Å². The molecule has 1 fully saturated rings. The molecule has 3 heterocycles. The second-order valence-corrected chi connectivity index (χ2v) is 7.22. The lowest BCUT2D eigenvalue weighted by molar-refractivity contribution is 0.293. The average Bonchev–Trinajstić information content (AvgIpc) is 2.88. The molecule has 0 spiro atoms. The Morgan fingerprint density at radius 2 is 2.23 bits per heavy atom. The second kappa shape index (κ2) is 6.49. The van der Waals surface area contributed by atoms with Crippen molar-refractivity contribution in [3.63, 3.8) is 0 Å². The maximum absolute atomic E-state index is 12.7. The van der Waals surface area contributed by atoms with E-state index in [2.05, 4.69) is 15.5 Å². The van der Waals surface area contributed by atoms with Crippen molar-refractivity contribution in [3.8, 4) is 0 Å². The lowest BCUT2D eigenvalue weighted by atomic mass is 10.1. The van der Waals surface area contributed by atoms with E-state index in [1.807, 2.05) is 7.05 Å². The largest absolute Gasteiger partial charge is 0.336 e. The molecule has 0 aliphatic carbocycles. The van der Waals surface area contributed by atoms with Crippen LogP contribution in [-0.4, -0.2) is 49.0 Å². The number of pyridine rings is 1. The van der Waals surface area contributed by atoms with Crippen molar-refractivity contribution >= 4 is 33.5 Å². The summed E-state index contributed by atoms with van der Waals surface area (Å²) in [5, 5.41) is 7.58. The van der Waals surface area contributed by atoms with Gasteiger partial charge in [-0.05, 0) is 32.9 Å². The van der Waals surface area contributed by atoms with Gasteiger partial charge in [-0.1, -0.05) is 5.16 Å². The first-order valence-electron chi connectivity index (χ1n) is 6.92. The van der Waals surface area contributed by atoms with Gasteiger partial charge in [0, 0.05) is 19.1 Å². The molecule has 122 valence electrons. The van der Waals surface area contributed by atoms with Crippen LogP contribution in [0.1, 0.15) is 18.5 Å². The highest BCUT2D eigenvalue weighted by atomic mass is 35.5. The molecule has 2 aromatic heterocycles. The van der Waals surface area contributed by atoms with Gasteiger partial charge in [-0.2, -0.15) is 4.31 Å². The fourth-order valence-electron chi connectivity index (χ4n) is 2.61. The number of rotatable bonds is 3.